The summed E-state index contributed by atoms with van der Waals surface area (Å²) in [5.41, 5.74) is 0.0807. The molecule has 2 nitrogen and oxygen atoms in total. The fourth-order valence-corrected chi connectivity index (χ4v) is 5.22. The molecule has 3 aromatic rings. The van der Waals surface area contributed by atoms with Gasteiger partial charge in [-0.1, -0.05) is 36.4 Å². The van der Waals surface area contributed by atoms with E-state index in [1.807, 2.05) is 29.0 Å². The van der Waals surface area contributed by atoms with E-state index in [4.69, 9.17) is 0 Å². The van der Waals surface area contributed by atoms with Crippen LogP contribution in [0, 0.1) is 0 Å². The maximum Gasteiger partial charge on any atom is 0.417 e. The minimum absolute atomic E-state index is 0.00995. The molecular weight excluding hydrogens is 403 g/mol. The second kappa shape index (κ2) is 7.56. The molecule has 2 aromatic heterocycles. The van der Waals surface area contributed by atoms with Crippen molar-refractivity contribution >= 4 is 34.2 Å². The number of nitrogens with zero attached hydrogens (tertiary/aromatic N) is 1. The smallest absolute Gasteiger partial charge is 0.327 e. The van der Waals surface area contributed by atoms with Gasteiger partial charge in [0.2, 0.25) is 5.91 Å². The summed E-state index contributed by atoms with van der Waals surface area (Å²) >= 11 is 3.13. The van der Waals surface area contributed by atoms with Crippen LogP contribution in [0.1, 0.15) is 26.9 Å². The zero-order valence-corrected chi connectivity index (χ0v) is 16.3. The molecule has 1 aromatic carbocycles. The average molecular weight is 419 g/mol. The molecule has 144 valence electrons. The first-order valence-corrected chi connectivity index (χ1v) is 10.5. The zero-order valence-electron chi connectivity index (χ0n) is 14.6. The largest absolute Gasteiger partial charge is 0.417 e. The molecule has 1 unspecified atom stereocenters. The van der Waals surface area contributed by atoms with Gasteiger partial charge in [0.1, 0.15) is 0 Å². The van der Waals surface area contributed by atoms with Crippen LogP contribution in [-0.4, -0.2) is 23.5 Å². The lowest BCUT2D eigenvalue weighted by atomic mass is 9.97. The molecule has 4 rings (SSSR count). The molecule has 7 heteroatoms. The third kappa shape index (κ3) is 3.64. The summed E-state index contributed by atoms with van der Waals surface area (Å²) in [4.78, 5) is 16.7. The minimum Gasteiger partial charge on any atom is -0.327 e. The van der Waals surface area contributed by atoms with Crippen LogP contribution in [0.3, 0.4) is 0 Å². The summed E-state index contributed by atoms with van der Waals surface area (Å²) in [5, 5.41) is 3.89. The Kier molecular flexibility index (Phi) is 5.12. The van der Waals surface area contributed by atoms with Gasteiger partial charge < -0.3 is 4.90 Å². The second-order valence-corrected chi connectivity index (χ2v) is 8.40. The van der Waals surface area contributed by atoms with Crippen LogP contribution in [0.5, 0.6) is 0 Å². The van der Waals surface area contributed by atoms with E-state index >= 15 is 0 Å². The van der Waals surface area contributed by atoms with Crippen molar-refractivity contribution in [3.05, 3.63) is 86.2 Å². The molecule has 0 saturated heterocycles. The Hall–Kier alpha value is -2.38. The molecule has 1 aliphatic heterocycles. The first kappa shape index (κ1) is 19.0. The highest BCUT2D eigenvalue weighted by Gasteiger charge is 2.38. The Balaban J connectivity index is 1.74. The summed E-state index contributed by atoms with van der Waals surface area (Å²) < 4.78 is 41.0. The molecule has 0 radical (unpaired) electrons. The van der Waals surface area contributed by atoms with Gasteiger partial charge in [0.05, 0.1) is 11.6 Å². The van der Waals surface area contributed by atoms with Crippen molar-refractivity contribution in [3.8, 4) is 0 Å². The number of hydrogen-bond donors (Lipinski definition) is 0. The topological polar surface area (TPSA) is 20.3 Å². The van der Waals surface area contributed by atoms with Gasteiger partial charge in [-0.25, -0.2) is 0 Å². The zero-order chi connectivity index (χ0) is 19.7. The van der Waals surface area contributed by atoms with Crippen LogP contribution in [0.15, 0.2) is 65.4 Å². The number of carbonyl (C=O) groups excluding carboxylic acids is 1. The molecule has 0 aliphatic carbocycles. The van der Waals surface area contributed by atoms with Gasteiger partial charge in [-0.05, 0) is 40.4 Å². The maximum atomic E-state index is 13.7. The minimum atomic E-state index is -4.61. The highest BCUT2D eigenvalue weighted by Crippen LogP contribution is 2.40. The lowest BCUT2D eigenvalue weighted by Gasteiger charge is -2.35. The number of hydrogen-bond acceptors (Lipinski definition) is 3. The Bertz CT molecular complexity index is 990. The summed E-state index contributed by atoms with van der Waals surface area (Å²) in [6.45, 7) is 0.394. The normalized spacial score (nSPS) is 17.5. The molecule has 1 atom stereocenters. The number of halogens is 3. The highest BCUT2D eigenvalue weighted by molar-refractivity contribution is 7.10. The number of thiophene rings is 2. The van der Waals surface area contributed by atoms with Gasteiger partial charge >= 0.3 is 6.18 Å². The maximum absolute atomic E-state index is 13.7. The monoisotopic (exact) mass is 419 g/mol. The van der Waals surface area contributed by atoms with E-state index in [9.17, 15) is 18.0 Å². The molecule has 0 spiro atoms. The number of alkyl halides is 3. The van der Waals surface area contributed by atoms with E-state index < -0.39 is 17.7 Å². The summed E-state index contributed by atoms with van der Waals surface area (Å²) in [6, 6.07) is 12.9. The average Bonchev–Trinajstić information content (AvgIpc) is 3.36. The molecule has 1 amide bonds. The number of benzene rings is 1. The number of carbonyl (C=O) groups is 1. The quantitative estimate of drug-likeness (QED) is 0.482. The van der Waals surface area contributed by atoms with Gasteiger partial charge in [0.15, 0.2) is 0 Å². The van der Waals surface area contributed by atoms with Crippen molar-refractivity contribution in [1.29, 1.82) is 0 Å². The highest BCUT2D eigenvalue weighted by atomic mass is 32.1. The van der Waals surface area contributed by atoms with Crippen molar-refractivity contribution < 1.29 is 18.0 Å². The third-order valence-corrected chi connectivity index (χ3v) is 6.64. The van der Waals surface area contributed by atoms with Gasteiger partial charge in [-0.15, -0.1) is 22.7 Å². The van der Waals surface area contributed by atoms with E-state index in [1.165, 1.54) is 40.5 Å². The van der Waals surface area contributed by atoms with Gasteiger partial charge in [0.25, 0.3) is 0 Å². The molecule has 3 heterocycles. The van der Waals surface area contributed by atoms with Crippen LogP contribution in [0.2, 0.25) is 0 Å². The number of rotatable bonds is 3. The first-order chi connectivity index (χ1) is 13.4. The Morgan fingerprint density at radius 3 is 2.50 bits per heavy atom. The fraction of sp³-hybridized carbons (Fsp3) is 0.190. The van der Waals surface area contributed by atoms with Gasteiger partial charge in [-0.3, -0.25) is 4.79 Å². The Labute approximate surface area is 168 Å². The molecular formula is C21H16F3NOS2. The number of amides is 1. The summed E-state index contributed by atoms with van der Waals surface area (Å²) in [6.07, 6.45) is -3.22. The fourth-order valence-electron chi connectivity index (χ4n) is 3.46. The molecule has 0 fully saturated rings. The van der Waals surface area contributed by atoms with Gasteiger partial charge in [0, 0.05) is 22.4 Å². The van der Waals surface area contributed by atoms with Crippen molar-refractivity contribution in [1.82, 2.24) is 4.90 Å². The predicted octanol–water partition coefficient (Wildman–Crippen LogP) is 5.93. The van der Waals surface area contributed by atoms with Crippen molar-refractivity contribution in [2.75, 3.05) is 6.54 Å². The van der Waals surface area contributed by atoms with E-state index in [2.05, 4.69) is 0 Å². The lowest BCUT2D eigenvalue weighted by Crippen LogP contribution is -2.39. The standard InChI is InChI=1S/C21H16F3NOS2/c22-21(23,24)16(14-5-2-1-3-6-14)13-19(26)25-10-8-17-15(9-12-28-17)20(25)18-7-4-11-27-18/h1-7,9,11-13,20H,8,10H2/b16-13+. The number of allylic oxidation sites excluding steroid dienone is 1. The van der Waals surface area contributed by atoms with Crippen molar-refractivity contribution in [3.63, 3.8) is 0 Å². The van der Waals surface area contributed by atoms with Crippen LogP contribution in [-0.2, 0) is 11.2 Å². The van der Waals surface area contributed by atoms with E-state index in [-0.39, 0.29) is 11.6 Å². The van der Waals surface area contributed by atoms with Gasteiger partial charge in [-0.2, -0.15) is 13.2 Å². The van der Waals surface area contributed by atoms with E-state index in [0.717, 1.165) is 16.5 Å². The van der Waals surface area contributed by atoms with Crippen LogP contribution in [0.4, 0.5) is 13.2 Å². The predicted molar refractivity (Wildman–Crippen MR) is 106 cm³/mol. The summed E-state index contributed by atoms with van der Waals surface area (Å²) in [5.74, 6) is -0.619. The number of fused-ring (bicyclic) bond motifs is 1. The van der Waals surface area contributed by atoms with E-state index in [0.29, 0.717) is 13.0 Å². The van der Waals surface area contributed by atoms with Crippen molar-refractivity contribution in [2.24, 2.45) is 0 Å². The molecule has 1 aliphatic rings. The van der Waals surface area contributed by atoms with Crippen molar-refractivity contribution in [2.45, 2.75) is 18.6 Å². The van der Waals surface area contributed by atoms with Crippen LogP contribution in [0.25, 0.3) is 5.57 Å². The first-order valence-electron chi connectivity index (χ1n) is 8.70. The Morgan fingerprint density at radius 2 is 1.82 bits per heavy atom. The lowest BCUT2D eigenvalue weighted by molar-refractivity contribution is -0.128. The molecule has 0 N–H and O–H groups in total. The molecule has 0 saturated carbocycles. The molecule has 0 bridgehead atoms. The van der Waals surface area contributed by atoms with Crippen LogP contribution >= 0.6 is 22.7 Å². The van der Waals surface area contributed by atoms with Crippen LogP contribution < -0.4 is 0 Å². The molecule has 28 heavy (non-hydrogen) atoms. The van der Waals surface area contributed by atoms with E-state index in [1.54, 1.807) is 22.3 Å². The SMILES string of the molecule is O=C(/C=C(\c1ccccc1)C(F)(F)F)N1CCc2sccc2C1c1cccs1. The second-order valence-electron chi connectivity index (χ2n) is 6.42. The third-order valence-electron chi connectivity index (χ3n) is 4.72. The Morgan fingerprint density at radius 1 is 1.04 bits per heavy atom. The summed E-state index contributed by atoms with van der Waals surface area (Å²) in [7, 11) is 0.